The Hall–Kier alpha value is -3.22. The summed E-state index contributed by atoms with van der Waals surface area (Å²) in [6.45, 7) is 0. The van der Waals surface area contributed by atoms with Crippen LogP contribution in [0.3, 0.4) is 0 Å². The molecule has 13 heteroatoms. The summed E-state index contributed by atoms with van der Waals surface area (Å²) in [4.78, 5) is 32.0. The molecule has 0 unspecified atom stereocenters. The van der Waals surface area contributed by atoms with Gasteiger partial charge in [-0.25, -0.2) is 14.8 Å². The summed E-state index contributed by atoms with van der Waals surface area (Å²) in [6.07, 6.45) is 0. The van der Waals surface area contributed by atoms with Crippen LogP contribution in [-0.2, 0) is 24.2 Å². The summed E-state index contributed by atoms with van der Waals surface area (Å²) in [6, 6.07) is 7.49. The third kappa shape index (κ3) is 3.13. The van der Waals surface area contributed by atoms with E-state index in [1.165, 1.54) is 31.3 Å². The fourth-order valence-electron chi connectivity index (χ4n) is 2.34. The molecule has 0 radical (unpaired) electrons. The van der Waals surface area contributed by atoms with Crippen molar-refractivity contribution in [3.05, 3.63) is 51.2 Å². The maximum Gasteiger partial charge on any atom is 0.534 e. The Bertz CT molecular complexity index is 1300. The number of hydrogen-bond acceptors (Lipinski definition) is 7. The van der Waals surface area contributed by atoms with E-state index in [1.54, 1.807) is 6.07 Å². The molecule has 2 aromatic heterocycles. The van der Waals surface area contributed by atoms with Crippen LogP contribution in [-0.4, -0.2) is 33.0 Å². The van der Waals surface area contributed by atoms with Crippen LogP contribution < -0.4 is 15.4 Å². The highest BCUT2D eigenvalue weighted by molar-refractivity contribution is 7.88. The van der Waals surface area contributed by atoms with E-state index in [9.17, 15) is 31.2 Å². The number of benzene rings is 1. The molecule has 28 heavy (non-hydrogen) atoms. The highest BCUT2D eigenvalue weighted by Gasteiger charge is 2.49. The number of aryl methyl sites for hydroxylation is 1. The molecule has 0 bridgehead atoms. The van der Waals surface area contributed by atoms with Crippen molar-refractivity contribution in [2.75, 3.05) is 0 Å². The molecular weight excluding hydrogens is 405 g/mol. The van der Waals surface area contributed by atoms with Gasteiger partial charge in [0.15, 0.2) is 11.2 Å². The zero-order valence-corrected chi connectivity index (χ0v) is 15.1. The molecule has 0 N–H and O–H groups in total. The van der Waals surface area contributed by atoms with E-state index in [1.807, 2.05) is 0 Å². The molecular formula is C15H11F3N4O5S. The van der Waals surface area contributed by atoms with Gasteiger partial charge >= 0.3 is 21.3 Å². The Morgan fingerprint density at radius 3 is 2.18 bits per heavy atom. The number of aromatic nitrogens is 4. The largest absolute Gasteiger partial charge is 0.534 e. The summed E-state index contributed by atoms with van der Waals surface area (Å²) in [5, 5.41) is 0. The standard InChI is InChI=1S/C15H11F3N4O5S/c1-21-11-10(13(23)22(2)14(21)24)20-12(27-28(25,26)15(16,17)18)9(19-11)8-6-4-3-5-7-8/h3-7H,1-2H3. The summed E-state index contributed by atoms with van der Waals surface area (Å²) in [5.41, 5.74) is -8.43. The van der Waals surface area contributed by atoms with Crippen molar-refractivity contribution in [2.45, 2.75) is 5.51 Å². The van der Waals surface area contributed by atoms with Gasteiger partial charge in [-0.1, -0.05) is 30.3 Å². The molecule has 0 aliphatic rings. The maximum atomic E-state index is 12.8. The predicted octanol–water partition coefficient (Wildman–Crippen LogP) is 0.923. The van der Waals surface area contributed by atoms with E-state index >= 15 is 0 Å². The lowest BCUT2D eigenvalue weighted by atomic mass is 10.1. The van der Waals surface area contributed by atoms with E-state index in [4.69, 9.17) is 0 Å². The highest BCUT2D eigenvalue weighted by atomic mass is 32.2. The molecule has 0 amide bonds. The topological polar surface area (TPSA) is 113 Å². The quantitative estimate of drug-likeness (QED) is 0.461. The van der Waals surface area contributed by atoms with Crippen molar-refractivity contribution in [2.24, 2.45) is 14.1 Å². The Morgan fingerprint density at radius 2 is 1.61 bits per heavy atom. The van der Waals surface area contributed by atoms with Crippen molar-refractivity contribution in [1.29, 1.82) is 0 Å². The second kappa shape index (κ2) is 6.44. The van der Waals surface area contributed by atoms with Crippen LogP contribution in [0.2, 0.25) is 0 Å². The first kappa shape index (κ1) is 19.5. The molecule has 0 aliphatic heterocycles. The van der Waals surface area contributed by atoms with Gasteiger partial charge in [0.2, 0.25) is 0 Å². The summed E-state index contributed by atoms with van der Waals surface area (Å²) in [7, 11) is -3.66. The summed E-state index contributed by atoms with van der Waals surface area (Å²) < 4.78 is 67.0. The lowest BCUT2D eigenvalue weighted by molar-refractivity contribution is -0.0501. The third-order valence-corrected chi connectivity index (χ3v) is 4.71. The molecule has 0 atom stereocenters. The molecule has 0 saturated carbocycles. The number of alkyl halides is 3. The first-order valence-corrected chi connectivity index (χ1v) is 8.89. The van der Waals surface area contributed by atoms with Gasteiger partial charge in [-0.05, 0) is 0 Å². The van der Waals surface area contributed by atoms with Crippen LogP contribution in [0.15, 0.2) is 39.9 Å². The lowest BCUT2D eigenvalue weighted by Crippen LogP contribution is -2.38. The van der Waals surface area contributed by atoms with Crippen LogP contribution in [0.25, 0.3) is 22.4 Å². The minimum Gasteiger partial charge on any atom is -0.353 e. The Kier molecular flexibility index (Phi) is 4.49. The SMILES string of the molecule is Cn1c(=O)c2nc(OS(=O)(=O)C(F)(F)F)c(-c3ccccc3)nc2n(C)c1=O. The second-order valence-corrected chi connectivity index (χ2v) is 7.14. The van der Waals surface area contributed by atoms with Crippen molar-refractivity contribution in [1.82, 2.24) is 19.1 Å². The lowest BCUT2D eigenvalue weighted by Gasteiger charge is -2.13. The molecule has 3 aromatic rings. The van der Waals surface area contributed by atoms with Crippen LogP contribution in [0, 0.1) is 0 Å². The first-order valence-electron chi connectivity index (χ1n) is 7.48. The van der Waals surface area contributed by atoms with Crippen molar-refractivity contribution in [3.63, 3.8) is 0 Å². The van der Waals surface area contributed by atoms with Crippen LogP contribution in [0.1, 0.15) is 0 Å². The zero-order chi connectivity index (χ0) is 20.9. The summed E-state index contributed by atoms with van der Waals surface area (Å²) >= 11 is 0. The number of fused-ring (bicyclic) bond motifs is 1. The Labute approximate surface area is 154 Å². The second-order valence-electron chi connectivity index (χ2n) is 5.60. The van der Waals surface area contributed by atoms with E-state index in [-0.39, 0.29) is 16.9 Å². The highest BCUT2D eigenvalue weighted by Crippen LogP contribution is 2.32. The number of hydrogen-bond donors (Lipinski definition) is 0. The number of rotatable bonds is 3. The van der Waals surface area contributed by atoms with Crippen molar-refractivity contribution in [3.8, 4) is 17.1 Å². The van der Waals surface area contributed by atoms with Crippen LogP contribution >= 0.6 is 0 Å². The smallest absolute Gasteiger partial charge is 0.353 e. The Balaban J connectivity index is 2.41. The number of nitrogens with zero attached hydrogens (tertiary/aromatic N) is 4. The van der Waals surface area contributed by atoms with Crippen LogP contribution in [0.5, 0.6) is 5.88 Å². The van der Waals surface area contributed by atoms with Gasteiger partial charge in [-0.2, -0.15) is 21.6 Å². The molecule has 148 valence electrons. The van der Waals surface area contributed by atoms with E-state index in [0.717, 1.165) is 11.6 Å². The van der Waals surface area contributed by atoms with Gasteiger partial charge in [0.05, 0.1) is 0 Å². The normalized spacial score (nSPS) is 12.3. The third-order valence-electron chi connectivity index (χ3n) is 3.76. The minimum absolute atomic E-state index is 0.164. The van der Waals surface area contributed by atoms with E-state index < -0.39 is 38.3 Å². The molecule has 9 nitrogen and oxygen atoms in total. The fourth-order valence-corrected chi connectivity index (χ4v) is 2.76. The van der Waals surface area contributed by atoms with Crippen molar-refractivity contribution >= 4 is 21.3 Å². The van der Waals surface area contributed by atoms with Gasteiger partial charge in [0.1, 0.15) is 5.69 Å². The van der Waals surface area contributed by atoms with Gasteiger partial charge < -0.3 is 4.18 Å². The zero-order valence-electron chi connectivity index (χ0n) is 14.3. The average Bonchev–Trinajstić information content (AvgIpc) is 2.64. The van der Waals surface area contributed by atoms with Gasteiger partial charge in [-0.3, -0.25) is 13.9 Å². The van der Waals surface area contributed by atoms with Gasteiger partial charge in [0, 0.05) is 19.7 Å². The molecule has 0 spiro atoms. The first-order chi connectivity index (χ1) is 12.9. The van der Waals surface area contributed by atoms with Gasteiger partial charge in [-0.15, -0.1) is 0 Å². The van der Waals surface area contributed by atoms with Crippen molar-refractivity contribution < 1.29 is 25.8 Å². The molecule has 0 fully saturated rings. The molecule has 2 heterocycles. The molecule has 0 aliphatic carbocycles. The van der Waals surface area contributed by atoms with Gasteiger partial charge in [0.25, 0.3) is 11.4 Å². The fraction of sp³-hybridized carbons (Fsp3) is 0.200. The molecule has 1 aromatic carbocycles. The minimum atomic E-state index is -6.07. The summed E-state index contributed by atoms with van der Waals surface area (Å²) in [5.74, 6) is -1.04. The monoisotopic (exact) mass is 416 g/mol. The number of halogens is 3. The predicted molar refractivity (Wildman–Crippen MR) is 91.1 cm³/mol. The molecule has 0 saturated heterocycles. The van der Waals surface area contributed by atoms with E-state index in [2.05, 4.69) is 14.2 Å². The molecule has 3 rings (SSSR count). The average molecular weight is 416 g/mol. The maximum absolute atomic E-state index is 12.8. The Morgan fingerprint density at radius 1 is 1.00 bits per heavy atom. The van der Waals surface area contributed by atoms with E-state index in [0.29, 0.717) is 4.57 Å². The van der Waals surface area contributed by atoms with Crippen LogP contribution in [0.4, 0.5) is 13.2 Å².